The monoisotopic (exact) mass is 526 g/mol. The van der Waals surface area contributed by atoms with Crippen molar-refractivity contribution in [1.82, 2.24) is 4.90 Å². The van der Waals surface area contributed by atoms with Crippen LogP contribution >= 0.6 is 0 Å². The van der Waals surface area contributed by atoms with Crippen LogP contribution in [-0.4, -0.2) is 61.3 Å². The minimum Gasteiger partial charge on any atom is -0.494 e. The number of carbonyl (C=O) groups is 2. The van der Waals surface area contributed by atoms with Crippen molar-refractivity contribution in [3.63, 3.8) is 0 Å². The lowest BCUT2D eigenvalue weighted by molar-refractivity contribution is 0.0358. The number of benzene rings is 4. The molecule has 8 nitrogen and oxygen atoms in total. The van der Waals surface area contributed by atoms with Crippen molar-refractivity contribution < 1.29 is 28.9 Å². The molecule has 8 heteroatoms. The molecule has 4 aromatic carbocycles. The Morgan fingerprint density at radius 2 is 1.51 bits per heavy atom. The van der Waals surface area contributed by atoms with Gasteiger partial charge in [-0.3, -0.25) is 9.69 Å². The molecule has 200 valence electrons. The number of anilines is 1. The van der Waals surface area contributed by atoms with E-state index in [2.05, 4.69) is 10.2 Å². The van der Waals surface area contributed by atoms with E-state index in [0.717, 1.165) is 55.8 Å². The van der Waals surface area contributed by atoms with E-state index >= 15 is 0 Å². The number of carbonyl (C=O) groups excluding carboxylic acids is 1. The molecule has 0 unspecified atom stereocenters. The lowest BCUT2D eigenvalue weighted by Crippen LogP contribution is -2.37. The van der Waals surface area contributed by atoms with Crippen LogP contribution in [0.5, 0.6) is 17.2 Å². The Balaban J connectivity index is 1.16. The second-order valence-electron chi connectivity index (χ2n) is 9.26. The number of fused-ring (bicyclic) bond motifs is 1. The van der Waals surface area contributed by atoms with Crippen LogP contribution in [0.2, 0.25) is 0 Å². The normalized spacial score (nSPS) is 13.6. The van der Waals surface area contributed by atoms with Crippen LogP contribution in [-0.2, 0) is 4.74 Å². The zero-order valence-corrected chi connectivity index (χ0v) is 21.5. The van der Waals surface area contributed by atoms with Gasteiger partial charge in [0.15, 0.2) is 0 Å². The maximum Gasteiger partial charge on any atom is 0.337 e. The number of nitrogens with one attached hydrogen (secondary N) is 1. The first-order valence-electron chi connectivity index (χ1n) is 12.9. The highest BCUT2D eigenvalue weighted by Crippen LogP contribution is 2.28. The molecule has 0 bridgehead atoms. The number of amides is 1. The fourth-order valence-corrected chi connectivity index (χ4v) is 4.44. The Labute approximate surface area is 226 Å². The summed E-state index contributed by atoms with van der Waals surface area (Å²) < 4.78 is 17.4. The number of aromatic carboxylic acids is 1. The van der Waals surface area contributed by atoms with Gasteiger partial charge in [0.1, 0.15) is 17.2 Å². The van der Waals surface area contributed by atoms with Crippen LogP contribution in [0.1, 0.15) is 27.1 Å². The molecule has 0 aromatic heterocycles. The first kappa shape index (κ1) is 26.2. The molecule has 1 aliphatic rings. The Morgan fingerprint density at radius 3 is 2.26 bits per heavy atom. The van der Waals surface area contributed by atoms with Crippen molar-refractivity contribution in [3.8, 4) is 17.2 Å². The van der Waals surface area contributed by atoms with Crippen molar-refractivity contribution in [3.05, 3.63) is 96.1 Å². The van der Waals surface area contributed by atoms with Crippen molar-refractivity contribution in [1.29, 1.82) is 0 Å². The summed E-state index contributed by atoms with van der Waals surface area (Å²) in [6, 6.07) is 24.8. The molecular formula is C31H30N2O6. The molecule has 0 radical (unpaired) electrons. The summed E-state index contributed by atoms with van der Waals surface area (Å²) >= 11 is 0. The van der Waals surface area contributed by atoms with Crippen LogP contribution in [0.15, 0.2) is 84.9 Å². The molecule has 2 N–H and O–H groups in total. The predicted molar refractivity (Wildman–Crippen MR) is 149 cm³/mol. The number of nitrogens with zero attached hydrogens (tertiary/aromatic N) is 1. The van der Waals surface area contributed by atoms with E-state index < -0.39 is 11.9 Å². The second kappa shape index (κ2) is 12.4. The van der Waals surface area contributed by atoms with E-state index in [9.17, 15) is 14.7 Å². The molecular weight excluding hydrogens is 496 g/mol. The molecule has 1 aliphatic heterocycles. The third kappa shape index (κ3) is 6.93. The van der Waals surface area contributed by atoms with Crippen LogP contribution in [0.3, 0.4) is 0 Å². The van der Waals surface area contributed by atoms with Gasteiger partial charge in [-0.15, -0.1) is 0 Å². The van der Waals surface area contributed by atoms with Gasteiger partial charge in [-0.05, 0) is 77.9 Å². The molecule has 1 saturated heterocycles. The summed E-state index contributed by atoms with van der Waals surface area (Å²) in [6.45, 7) is 5.29. The highest BCUT2D eigenvalue weighted by Gasteiger charge is 2.13. The lowest BCUT2D eigenvalue weighted by atomic mass is 10.1. The van der Waals surface area contributed by atoms with Gasteiger partial charge >= 0.3 is 5.97 Å². The molecule has 1 fully saturated rings. The molecule has 5 rings (SSSR count). The predicted octanol–water partition coefficient (Wildman–Crippen LogP) is 5.68. The zero-order chi connectivity index (χ0) is 27.0. The van der Waals surface area contributed by atoms with Crippen LogP contribution < -0.4 is 14.8 Å². The third-order valence-corrected chi connectivity index (χ3v) is 6.53. The van der Waals surface area contributed by atoms with E-state index in [1.54, 1.807) is 42.5 Å². The maximum absolute atomic E-state index is 12.6. The largest absolute Gasteiger partial charge is 0.494 e. The molecule has 0 spiro atoms. The number of rotatable bonds is 10. The number of morpholine rings is 1. The van der Waals surface area contributed by atoms with Crippen LogP contribution in [0, 0.1) is 0 Å². The van der Waals surface area contributed by atoms with Gasteiger partial charge in [0.2, 0.25) is 0 Å². The van der Waals surface area contributed by atoms with Crippen molar-refractivity contribution in [2.24, 2.45) is 0 Å². The average Bonchev–Trinajstić information content (AvgIpc) is 2.96. The number of hydrogen-bond acceptors (Lipinski definition) is 6. The molecule has 4 aromatic rings. The first-order chi connectivity index (χ1) is 19.0. The first-order valence-corrected chi connectivity index (χ1v) is 12.9. The topological polar surface area (TPSA) is 97.3 Å². The molecule has 0 aliphatic carbocycles. The summed E-state index contributed by atoms with van der Waals surface area (Å²) in [6.07, 6.45) is 0.973. The Bertz CT molecular complexity index is 1450. The van der Waals surface area contributed by atoms with Crippen molar-refractivity contribution >= 4 is 28.3 Å². The van der Waals surface area contributed by atoms with E-state index in [4.69, 9.17) is 14.2 Å². The minimum atomic E-state index is -1.10. The molecule has 0 atom stereocenters. The average molecular weight is 527 g/mol. The van der Waals surface area contributed by atoms with Crippen molar-refractivity contribution in [2.75, 3.05) is 44.8 Å². The molecule has 39 heavy (non-hydrogen) atoms. The third-order valence-electron chi connectivity index (χ3n) is 6.53. The van der Waals surface area contributed by atoms with Gasteiger partial charge in [0.05, 0.1) is 31.1 Å². The van der Waals surface area contributed by atoms with Gasteiger partial charge in [0, 0.05) is 25.2 Å². The second-order valence-corrected chi connectivity index (χ2v) is 9.26. The summed E-state index contributed by atoms with van der Waals surface area (Å²) in [5.74, 6) is 0.595. The summed E-state index contributed by atoms with van der Waals surface area (Å²) in [4.78, 5) is 26.4. The number of hydrogen-bond donors (Lipinski definition) is 2. The number of ether oxygens (including phenoxy) is 3. The van der Waals surface area contributed by atoms with E-state index in [0.29, 0.717) is 23.7 Å². The van der Waals surface area contributed by atoms with Gasteiger partial charge in [0.25, 0.3) is 5.91 Å². The minimum absolute atomic E-state index is 0.0320. The Hall–Kier alpha value is -4.40. The van der Waals surface area contributed by atoms with Crippen LogP contribution in [0.25, 0.3) is 10.8 Å². The fourth-order valence-electron chi connectivity index (χ4n) is 4.44. The van der Waals surface area contributed by atoms with Crippen molar-refractivity contribution in [2.45, 2.75) is 6.42 Å². The number of carboxylic acids is 1. The van der Waals surface area contributed by atoms with E-state index in [1.807, 2.05) is 36.4 Å². The van der Waals surface area contributed by atoms with Gasteiger partial charge in [-0.2, -0.15) is 0 Å². The van der Waals surface area contributed by atoms with E-state index in [1.165, 1.54) is 6.07 Å². The number of carboxylic acid groups (broad SMARTS) is 1. The number of para-hydroxylation sites is 1. The van der Waals surface area contributed by atoms with Gasteiger partial charge < -0.3 is 24.6 Å². The Kier molecular flexibility index (Phi) is 8.36. The molecule has 1 amide bonds. The van der Waals surface area contributed by atoms with Crippen LogP contribution in [0.4, 0.5) is 5.69 Å². The zero-order valence-electron chi connectivity index (χ0n) is 21.5. The van der Waals surface area contributed by atoms with Gasteiger partial charge in [-0.1, -0.05) is 24.3 Å². The summed E-state index contributed by atoms with van der Waals surface area (Å²) in [7, 11) is 0. The molecule has 0 saturated carbocycles. The smallest absolute Gasteiger partial charge is 0.337 e. The fraction of sp³-hybridized carbons (Fsp3) is 0.226. The summed E-state index contributed by atoms with van der Waals surface area (Å²) in [5.41, 5.74) is 0.663. The SMILES string of the molecule is O=C(Nc1ccccc1C(=O)O)c1ccc(Oc2ccc3cc(OCCCN4CCOCC4)ccc3c2)cc1. The maximum atomic E-state index is 12.6. The standard InChI is InChI=1S/C31H30N2O6/c34-30(32-29-5-2-1-4-28(29)31(35)36)22-6-10-25(11-7-22)39-27-13-9-23-20-26(12-8-24(23)21-27)38-17-3-14-33-15-18-37-19-16-33/h1-2,4-13,20-21H,3,14-19H2,(H,32,34)(H,35,36). The Morgan fingerprint density at radius 1 is 0.846 bits per heavy atom. The quantitative estimate of drug-likeness (QED) is 0.257. The lowest BCUT2D eigenvalue weighted by Gasteiger charge is -2.26. The molecule has 1 heterocycles. The van der Waals surface area contributed by atoms with E-state index in [-0.39, 0.29) is 11.3 Å². The highest BCUT2D eigenvalue weighted by atomic mass is 16.5. The summed E-state index contributed by atoms with van der Waals surface area (Å²) in [5, 5.41) is 14.1. The van der Waals surface area contributed by atoms with Gasteiger partial charge in [-0.25, -0.2) is 4.79 Å². The highest BCUT2D eigenvalue weighted by molar-refractivity contribution is 6.07.